The van der Waals surface area contributed by atoms with Crippen molar-refractivity contribution in [2.75, 3.05) is 21.3 Å². The summed E-state index contributed by atoms with van der Waals surface area (Å²) in [6, 6.07) is 4.97. The van der Waals surface area contributed by atoms with Gasteiger partial charge in [-0.05, 0) is 0 Å². The smallest absolute Gasteiger partial charge is 0.290 e. The SMILES string of the molecule is COP(=O)(OC)OP(=O)(OC)[n+]1ccccc1. The first kappa shape index (κ1) is 14.5. The molecule has 0 saturated heterocycles. The van der Waals surface area contributed by atoms with Gasteiger partial charge < -0.3 is 0 Å². The molecule has 0 aromatic carbocycles. The lowest BCUT2D eigenvalue weighted by atomic mass is 10.5. The Morgan fingerprint density at radius 2 is 1.41 bits per heavy atom. The molecule has 0 radical (unpaired) electrons. The van der Waals surface area contributed by atoms with Crippen molar-refractivity contribution < 1.29 is 31.3 Å². The lowest BCUT2D eigenvalue weighted by molar-refractivity contribution is -0.538. The second-order valence-electron chi connectivity index (χ2n) is 2.80. The Morgan fingerprint density at radius 3 is 1.82 bits per heavy atom. The van der Waals surface area contributed by atoms with Gasteiger partial charge in [0.1, 0.15) is 0 Å². The molecule has 0 bridgehead atoms. The second-order valence-corrected chi connectivity index (χ2v) is 6.84. The normalized spacial score (nSPS) is 15.5. The van der Waals surface area contributed by atoms with Gasteiger partial charge >= 0.3 is 15.6 Å². The Balaban J connectivity index is 3.07. The third-order valence-electron chi connectivity index (χ3n) is 1.86. The molecule has 96 valence electrons. The van der Waals surface area contributed by atoms with Crippen LogP contribution in [0.5, 0.6) is 0 Å². The van der Waals surface area contributed by atoms with Crippen LogP contribution in [0.1, 0.15) is 0 Å². The summed E-state index contributed by atoms with van der Waals surface area (Å²) in [4.78, 5) is 0. The molecule has 17 heavy (non-hydrogen) atoms. The minimum absolute atomic E-state index is 1.12. The van der Waals surface area contributed by atoms with Crippen LogP contribution in [0.15, 0.2) is 30.6 Å². The molecule has 1 unspecified atom stereocenters. The van der Waals surface area contributed by atoms with Crippen LogP contribution in [0.2, 0.25) is 0 Å². The fraction of sp³-hybridized carbons (Fsp3) is 0.375. The molecule has 0 fully saturated rings. The Morgan fingerprint density at radius 1 is 0.882 bits per heavy atom. The molecule has 0 aliphatic heterocycles. The first-order valence-corrected chi connectivity index (χ1v) is 7.51. The molecule has 1 heterocycles. The van der Waals surface area contributed by atoms with Gasteiger partial charge in [-0.25, -0.2) is 4.57 Å². The number of hydrogen-bond donors (Lipinski definition) is 0. The van der Waals surface area contributed by atoms with E-state index in [0.29, 0.717) is 0 Å². The summed E-state index contributed by atoms with van der Waals surface area (Å²) in [6.07, 6.45) is 2.92. The van der Waals surface area contributed by atoms with Crippen LogP contribution in [0, 0.1) is 0 Å². The zero-order chi connectivity index (χ0) is 12.9. The van der Waals surface area contributed by atoms with Gasteiger partial charge in [0.2, 0.25) is 0 Å². The Labute approximate surface area is 99.5 Å². The summed E-state index contributed by atoms with van der Waals surface area (Å²) in [5.41, 5.74) is 0. The van der Waals surface area contributed by atoms with Gasteiger partial charge in [-0.2, -0.15) is 8.88 Å². The summed E-state index contributed by atoms with van der Waals surface area (Å²) < 4.78 is 44.0. The summed E-state index contributed by atoms with van der Waals surface area (Å²) in [5.74, 6) is 0. The molecule has 0 aliphatic rings. The molecule has 0 spiro atoms. The Kier molecular flexibility index (Phi) is 5.01. The quantitative estimate of drug-likeness (QED) is 0.743. The summed E-state index contributed by atoms with van der Waals surface area (Å²) in [5, 5.41) is 0. The standard InChI is InChI=1S/C8H14NO6P2/c1-12-16(10,9-7-5-4-6-8-9)15-17(11,13-2)14-3/h4-8H,1-3H3/q+1. The van der Waals surface area contributed by atoms with Crippen molar-refractivity contribution in [3.63, 3.8) is 0 Å². The number of nitrogens with zero attached hydrogens (tertiary/aromatic N) is 1. The van der Waals surface area contributed by atoms with Gasteiger partial charge in [-0.1, -0.05) is 6.07 Å². The van der Waals surface area contributed by atoms with Crippen molar-refractivity contribution in [2.24, 2.45) is 0 Å². The second kappa shape index (κ2) is 5.87. The Bertz CT molecular complexity index is 443. The van der Waals surface area contributed by atoms with E-state index in [4.69, 9.17) is 8.83 Å². The number of rotatable bonds is 6. The van der Waals surface area contributed by atoms with Crippen LogP contribution < -0.4 is 4.34 Å². The molecule has 0 aliphatic carbocycles. The maximum absolute atomic E-state index is 12.3. The van der Waals surface area contributed by atoms with Crippen molar-refractivity contribution in [3.05, 3.63) is 30.6 Å². The molecule has 1 rings (SSSR count). The van der Waals surface area contributed by atoms with Gasteiger partial charge in [0, 0.05) is 26.4 Å². The average molecular weight is 282 g/mol. The molecular weight excluding hydrogens is 268 g/mol. The third-order valence-corrected chi connectivity index (χ3v) is 5.68. The zero-order valence-electron chi connectivity index (χ0n) is 9.68. The molecule has 0 saturated carbocycles. The fourth-order valence-corrected chi connectivity index (χ4v) is 3.96. The highest BCUT2D eigenvalue weighted by molar-refractivity contribution is 7.61. The van der Waals surface area contributed by atoms with Gasteiger partial charge in [0.15, 0.2) is 12.4 Å². The predicted molar refractivity (Wildman–Crippen MR) is 59.4 cm³/mol. The first-order valence-electron chi connectivity index (χ1n) is 4.55. The van der Waals surface area contributed by atoms with E-state index in [1.54, 1.807) is 18.2 Å². The Hall–Kier alpha value is -0.550. The van der Waals surface area contributed by atoms with E-state index < -0.39 is 15.6 Å². The fourth-order valence-electron chi connectivity index (χ4n) is 0.990. The van der Waals surface area contributed by atoms with Gasteiger partial charge in [0.05, 0.1) is 7.11 Å². The van der Waals surface area contributed by atoms with E-state index >= 15 is 0 Å². The van der Waals surface area contributed by atoms with Crippen LogP contribution in [-0.2, 0) is 27.0 Å². The number of hydrogen-bond acceptors (Lipinski definition) is 6. The highest BCUT2D eigenvalue weighted by Gasteiger charge is 2.45. The van der Waals surface area contributed by atoms with Crippen molar-refractivity contribution in [1.29, 1.82) is 0 Å². The molecular formula is C8H14NO6P2+. The van der Waals surface area contributed by atoms with E-state index in [1.165, 1.54) is 19.5 Å². The average Bonchev–Trinajstić information content (AvgIpc) is 2.39. The predicted octanol–water partition coefficient (Wildman–Crippen LogP) is 1.99. The molecule has 7 nitrogen and oxygen atoms in total. The summed E-state index contributed by atoms with van der Waals surface area (Å²) in [7, 11) is -4.27. The van der Waals surface area contributed by atoms with Crippen molar-refractivity contribution in [2.45, 2.75) is 0 Å². The van der Waals surface area contributed by atoms with Crippen LogP contribution in [0.4, 0.5) is 0 Å². The lowest BCUT2D eigenvalue weighted by Gasteiger charge is -2.15. The zero-order valence-corrected chi connectivity index (χ0v) is 11.5. The number of phosphoric acid groups is 1. The maximum atomic E-state index is 12.3. The van der Waals surface area contributed by atoms with Crippen molar-refractivity contribution in [1.82, 2.24) is 0 Å². The molecule has 1 aromatic heterocycles. The van der Waals surface area contributed by atoms with E-state index in [9.17, 15) is 9.13 Å². The summed E-state index contributed by atoms with van der Waals surface area (Å²) in [6.45, 7) is 0. The van der Waals surface area contributed by atoms with Crippen LogP contribution >= 0.6 is 15.6 Å². The number of phosphoric ester groups is 1. The minimum Gasteiger partial charge on any atom is -0.290 e. The maximum Gasteiger partial charge on any atom is 0.621 e. The molecule has 0 amide bonds. The van der Waals surface area contributed by atoms with E-state index in [-0.39, 0.29) is 0 Å². The summed E-state index contributed by atoms with van der Waals surface area (Å²) >= 11 is 0. The van der Waals surface area contributed by atoms with E-state index in [1.807, 2.05) is 0 Å². The van der Waals surface area contributed by atoms with Gasteiger partial charge in [0.25, 0.3) is 0 Å². The first-order chi connectivity index (χ1) is 7.99. The van der Waals surface area contributed by atoms with Crippen molar-refractivity contribution >= 4 is 15.6 Å². The topological polar surface area (TPSA) is 74.9 Å². The number of aromatic nitrogens is 1. The molecule has 1 atom stereocenters. The van der Waals surface area contributed by atoms with Gasteiger partial charge in [-0.3, -0.25) is 13.6 Å². The van der Waals surface area contributed by atoms with Crippen LogP contribution in [0.3, 0.4) is 0 Å². The van der Waals surface area contributed by atoms with Crippen LogP contribution in [0.25, 0.3) is 0 Å². The molecule has 0 N–H and O–H groups in total. The van der Waals surface area contributed by atoms with Crippen molar-refractivity contribution in [3.8, 4) is 0 Å². The highest BCUT2D eigenvalue weighted by Crippen LogP contribution is 2.61. The minimum atomic E-state index is -3.89. The largest absolute Gasteiger partial charge is 0.621 e. The monoisotopic (exact) mass is 282 g/mol. The third kappa shape index (κ3) is 3.45. The molecule has 1 aromatic rings. The van der Waals surface area contributed by atoms with Crippen LogP contribution in [-0.4, -0.2) is 21.3 Å². The molecule has 9 heteroatoms. The number of pyridine rings is 1. The van der Waals surface area contributed by atoms with E-state index in [2.05, 4.69) is 9.05 Å². The van der Waals surface area contributed by atoms with Gasteiger partial charge in [-0.15, -0.1) is 4.34 Å². The highest BCUT2D eigenvalue weighted by atomic mass is 31.3. The lowest BCUT2D eigenvalue weighted by Crippen LogP contribution is -2.31. The van der Waals surface area contributed by atoms with E-state index in [0.717, 1.165) is 18.6 Å².